The van der Waals surface area contributed by atoms with Crippen molar-refractivity contribution in [1.82, 2.24) is 0 Å². The van der Waals surface area contributed by atoms with Crippen LogP contribution in [-0.2, 0) is 21.3 Å². The maximum absolute atomic E-state index is 2.51. The van der Waals surface area contributed by atoms with E-state index in [0.29, 0.717) is 3.63 Å². The van der Waals surface area contributed by atoms with Crippen LogP contribution in [0.2, 0.25) is 0 Å². The van der Waals surface area contributed by atoms with Gasteiger partial charge in [0.2, 0.25) is 0 Å². The second-order valence-electron chi connectivity index (χ2n) is 9.28. The van der Waals surface area contributed by atoms with Crippen LogP contribution in [0.4, 0.5) is 0 Å². The molecule has 2 aromatic carbocycles. The molecule has 0 amide bonds. The second-order valence-corrected chi connectivity index (χ2v) is 16.7. The van der Waals surface area contributed by atoms with Crippen LogP contribution in [-0.4, -0.2) is 3.21 Å². The van der Waals surface area contributed by atoms with Crippen molar-refractivity contribution in [1.29, 1.82) is 0 Å². The number of halogens is 2. The van der Waals surface area contributed by atoms with Gasteiger partial charge >= 0.3 is 173 Å². The molecular formula is C26H30Cl2Zr. The van der Waals surface area contributed by atoms with Gasteiger partial charge in [0.05, 0.1) is 0 Å². The minimum atomic E-state index is -2.05. The summed E-state index contributed by atoms with van der Waals surface area (Å²) in [5, 5.41) is 0. The van der Waals surface area contributed by atoms with Crippen LogP contribution >= 0.6 is 0 Å². The van der Waals surface area contributed by atoms with Gasteiger partial charge in [0, 0.05) is 0 Å². The summed E-state index contributed by atoms with van der Waals surface area (Å²) in [4.78, 5) is 0. The zero-order valence-electron chi connectivity index (χ0n) is 18.2. The molecule has 0 aromatic heterocycles. The van der Waals surface area contributed by atoms with Gasteiger partial charge in [0.15, 0.2) is 0 Å². The van der Waals surface area contributed by atoms with Gasteiger partial charge in [-0.05, 0) is 0 Å². The number of benzene rings is 2. The predicted molar refractivity (Wildman–Crippen MR) is 115 cm³/mol. The number of hydrogen-bond donors (Lipinski definition) is 0. The number of rotatable bonds is 2. The fourth-order valence-electron chi connectivity index (χ4n) is 4.75. The second kappa shape index (κ2) is 9.17. The van der Waals surface area contributed by atoms with Gasteiger partial charge in [-0.25, -0.2) is 0 Å². The SMILES string of the molecule is CC1=[C]([Zr+2](=[C](C)C)[CH]2c3ccccc3-c3ccccc32)CC(C(C)(C)C)=C1.[Cl-].[Cl-]. The van der Waals surface area contributed by atoms with Crippen molar-refractivity contribution in [2.75, 3.05) is 0 Å². The first-order chi connectivity index (χ1) is 12.8. The summed E-state index contributed by atoms with van der Waals surface area (Å²) in [6.07, 6.45) is 3.71. The molecule has 0 fully saturated rings. The molecule has 0 saturated heterocycles. The molecule has 0 aliphatic heterocycles. The Morgan fingerprint density at radius 3 is 1.76 bits per heavy atom. The smallest absolute Gasteiger partial charge is 1.00 e. The third-order valence-corrected chi connectivity index (χ3v) is 14.8. The number of allylic oxidation sites excluding steroid dienone is 4. The van der Waals surface area contributed by atoms with E-state index in [0.717, 1.165) is 0 Å². The summed E-state index contributed by atoms with van der Waals surface area (Å²) in [6, 6.07) is 18.3. The summed E-state index contributed by atoms with van der Waals surface area (Å²) in [5.74, 6) is 0. The van der Waals surface area contributed by atoms with Crippen molar-refractivity contribution < 1.29 is 46.1 Å². The largest absolute Gasteiger partial charge is 1.00 e. The molecule has 152 valence electrons. The average molecular weight is 505 g/mol. The molecule has 2 aliphatic rings. The molecule has 2 aliphatic carbocycles. The molecule has 0 atom stereocenters. The summed E-state index contributed by atoms with van der Waals surface area (Å²) >= 11 is -2.05. The minimum absolute atomic E-state index is 0. The van der Waals surface area contributed by atoms with Gasteiger partial charge in [0.25, 0.3) is 0 Å². The van der Waals surface area contributed by atoms with Crippen LogP contribution in [0.3, 0.4) is 0 Å². The Balaban J connectivity index is 0.00000150. The molecule has 0 nitrogen and oxygen atoms in total. The standard InChI is InChI=1S/C13H9.C10H15.C3H6.2ClH.Zr/c1-3-7-12-10(5-1)9-11-6-2-4-8-13(11)12;1-8-5-6-9(7-8)10(2,3)4;1-3-2;;;/h1-9H;7H,6H2,1-4H3;1-2H3;2*1H;/q;;;;;+2/p-2. The first kappa shape index (κ1) is 24.5. The minimum Gasteiger partial charge on any atom is -1.00 e. The van der Waals surface area contributed by atoms with Crippen molar-refractivity contribution in [3.05, 3.63) is 80.2 Å². The van der Waals surface area contributed by atoms with E-state index in [1.807, 2.05) is 3.28 Å². The van der Waals surface area contributed by atoms with Crippen LogP contribution in [0, 0.1) is 5.41 Å². The van der Waals surface area contributed by atoms with Gasteiger partial charge in [-0.1, -0.05) is 0 Å². The summed E-state index contributed by atoms with van der Waals surface area (Å²) in [6.45, 7) is 14.3. The average Bonchev–Trinajstić information content (AvgIpc) is 3.15. The molecule has 4 rings (SSSR count). The fraction of sp³-hybridized carbons (Fsp3) is 0.346. The molecule has 2 aromatic rings. The van der Waals surface area contributed by atoms with Crippen molar-refractivity contribution in [2.24, 2.45) is 5.41 Å². The molecule has 0 radical (unpaired) electrons. The first-order valence-electron chi connectivity index (χ1n) is 10.1. The summed E-state index contributed by atoms with van der Waals surface area (Å²) in [5.41, 5.74) is 9.56. The summed E-state index contributed by atoms with van der Waals surface area (Å²) < 4.78 is 4.16. The van der Waals surface area contributed by atoms with E-state index in [-0.39, 0.29) is 30.2 Å². The monoisotopic (exact) mass is 502 g/mol. The zero-order chi connectivity index (χ0) is 19.3. The molecule has 0 unspecified atom stereocenters. The third kappa shape index (κ3) is 4.34. The van der Waals surface area contributed by atoms with Crippen LogP contribution in [0.25, 0.3) is 11.1 Å². The van der Waals surface area contributed by atoms with Crippen LogP contribution in [0.15, 0.2) is 69.0 Å². The topological polar surface area (TPSA) is 0 Å². The molecule has 0 bridgehead atoms. The van der Waals surface area contributed by atoms with E-state index >= 15 is 0 Å². The van der Waals surface area contributed by atoms with Gasteiger partial charge in [-0.15, -0.1) is 0 Å². The maximum atomic E-state index is 2.51. The van der Waals surface area contributed by atoms with Crippen LogP contribution < -0.4 is 24.8 Å². The van der Waals surface area contributed by atoms with Gasteiger partial charge < -0.3 is 24.8 Å². The van der Waals surface area contributed by atoms with E-state index < -0.39 is 21.3 Å². The Morgan fingerprint density at radius 2 is 1.34 bits per heavy atom. The Kier molecular flexibility index (Phi) is 7.76. The zero-order valence-corrected chi connectivity index (χ0v) is 22.2. The van der Waals surface area contributed by atoms with Crippen molar-refractivity contribution in [2.45, 2.75) is 51.6 Å². The van der Waals surface area contributed by atoms with Gasteiger partial charge in [0.1, 0.15) is 0 Å². The molecule has 3 heteroatoms. The number of hydrogen-bond acceptors (Lipinski definition) is 0. The summed E-state index contributed by atoms with van der Waals surface area (Å²) in [7, 11) is 0. The Hall–Kier alpha value is -0.747. The Bertz CT molecular complexity index is 969. The van der Waals surface area contributed by atoms with E-state index in [1.165, 1.54) is 17.5 Å². The maximum Gasteiger partial charge on any atom is -1.00 e. The third-order valence-electron chi connectivity index (χ3n) is 6.18. The van der Waals surface area contributed by atoms with E-state index in [2.05, 4.69) is 96.1 Å². The van der Waals surface area contributed by atoms with E-state index in [4.69, 9.17) is 0 Å². The van der Waals surface area contributed by atoms with Crippen molar-refractivity contribution >= 4 is 3.21 Å². The van der Waals surface area contributed by atoms with Crippen molar-refractivity contribution in [3.63, 3.8) is 0 Å². The molecular weight excluding hydrogens is 474 g/mol. The molecule has 29 heavy (non-hydrogen) atoms. The fourth-order valence-corrected chi connectivity index (χ4v) is 13.4. The Labute approximate surface area is 196 Å². The van der Waals surface area contributed by atoms with Gasteiger partial charge in [-0.2, -0.15) is 0 Å². The van der Waals surface area contributed by atoms with E-state index in [9.17, 15) is 0 Å². The normalized spacial score (nSPS) is 14.9. The first-order valence-corrected chi connectivity index (χ1v) is 13.9. The van der Waals surface area contributed by atoms with Gasteiger partial charge in [-0.3, -0.25) is 0 Å². The quantitative estimate of drug-likeness (QED) is 0.578. The molecule has 0 N–H and O–H groups in total. The van der Waals surface area contributed by atoms with Crippen molar-refractivity contribution in [3.8, 4) is 11.1 Å². The van der Waals surface area contributed by atoms with Crippen LogP contribution in [0.5, 0.6) is 0 Å². The molecule has 0 spiro atoms. The molecule has 0 saturated carbocycles. The predicted octanol–water partition coefficient (Wildman–Crippen LogP) is 1.25. The number of fused-ring (bicyclic) bond motifs is 3. The molecule has 0 heterocycles. The van der Waals surface area contributed by atoms with Crippen LogP contribution in [0.1, 0.15) is 62.7 Å². The van der Waals surface area contributed by atoms with E-state index in [1.54, 1.807) is 25.5 Å². The Morgan fingerprint density at radius 1 is 0.862 bits per heavy atom.